The van der Waals surface area contributed by atoms with Crippen LogP contribution in [0, 0.1) is 0 Å². The van der Waals surface area contributed by atoms with Crippen LogP contribution in [0.15, 0.2) is 24.0 Å². The highest BCUT2D eigenvalue weighted by atomic mass is 16.6. The van der Waals surface area contributed by atoms with Crippen molar-refractivity contribution in [2.24, 2.45) is 0 Å². The van der Waals surface area contributed by atoms with Crippen LogP contribution in [0.4, 0.5) is 4.79 Å². The average Bonchev–Trinajstić information content (AvgIpc) is 2.06. The van der Waals surface area contributed by atoms with Crippen molar-refractivity contribution in [3.63, 3.8) is 0 Å². The van der Waals surface area contributed by atoms with Crippen LogP contribution in [0.5, 0.6) is 0 Å². The van der Waals surface area contributed by atoms with Crippen LogP contribution in [0.3, 0.4) is 0 Å². The van der Waals surface area contributed by atoms with E-state index in [2.05, 4.69) is 0 Å². The van der Waals surface area contributed by atoms with E-state index in [1.807, 2.05) is 17.4 Å². The standard InChI is InChI=1S/C7H8BNO2/c8-9-7(10)11-6-4-2-1-3-5-6/h1-2,4H,3,5H2,(H,9,10). The fourth-order valence-electron chi connectivity index (χ4n) is 0.814. The molecular weight excluding hydrogens is 141 g/mol. The van der Waals surface area contributed by atoms with Crippen LogP contribution in [0.25, 0.3) is 0 Å². The SMILES string of the molecule is [B]NC(=O)OC1=CC=CCC1. The number of amides is 1. The van der Waals surface area contributed by atoms with Crippen molar-refractivity contribution in [3.05, 3.63) is 24.0 Å². The number of carbonyl (C=O) groups is 1. The van der Waals surface area contributed by atoms with E-state index >= 15 is 0 Å². The zero-order chi connectivity index (χ0) is 8.10. The molecule has 0 aromatic heterocycles. The molecule has 0 bridgehead atoms. The predicted molar refractivity (Wildman–Crippen MR) is 41.8 cm³/mol. The molecule has 0 saturated carbocycles. The monoisotopic (exact) mass is 149 g/mol. The lowest BCUT2D eigenvalue weighted by atomic mass is 10.2. The van der Waals surface area contributed by atoms with Gasteiger partial charge in [0.05, 0.1) is 0 Å². The second-order valence-corrected chi connectivity index (χ2v) is 2.13. The minimum Gasteiger partial charge on any atom is -0.416 e. The summed E-state index contributed by atoms with van der Waals surface area (Å²) in [6.07, 6.45) is 6.65. The summed E-state index contributed by atoms with van der Waals surface area (Å²) in [4.78, 5) is 10.6. The van der Waals surface area contributed by atoms with Gasteiger partial charge in [0, 0.05) is 6.42 Å². The Morgan fingerprint density at radius 3 is 3.09 bits per heavy atom. The highest BCUT2D eigenvalue weighted by Gasteiger charge is 2.04. The first-order valence-electron chi connectivity index (χ1n) is 3.37. The maximum Gasteiger partial charge on any atom is 0.399 e. The molecule has 0 fully saturated rings. The molecule has 11 heavy (non-hydrogen) atoms. The smallest absolute Gasteiger partial charge is 0.399 e. The maximum atomic E-state index is 10.6. The molecule has 1 N–H and O–H groups in total. The van der Waals surface area contributed by atoms with Gasteiger partial charge < -0.3 is 9.96 Å². The van der Waals surface area contributed by atoms with Gasteiger partial charge in [-0.25, -0.2) is 4.79 Å². The summed E-state index contributed by atoms with van der Waals surface area (Å²) >= 11 is 0. The molecule has 3 nitrogen and oxygen atoms in total. The van der Waals surface area contributed by atoms with E-state index in [-0.39, 0.29) is 0 Å². The van der Waals surface area contributed by atoms with Crippen LogP contribution in [-0.2, 0) is 4.74 Å². The Hall–Kier alpha value is -1.19. The summed E-state index contributed by atoms with van der Waals surface area (Å²) in [7, 11) is 4.82. The van der Waals surface area contributed by atoms with Gasteiger partial charge in [-0.2, -0.15) is 0 Å². The number of allylic oxidation sites excluding steroid dienone is 4. The van der Waals surface area contributed by atoms with Crippen LogP contribution in [0.2, 0.25) is 0 Å². The zero-order valence-corrected chi connectivity index (χ0v) is 6.04. The Morgan fingerprint density at radius 1 is 1.73 bits per heavy atom. The quantitative estimate of drug-likeness (QED) is 0.565. The van der Waals surface area contributed by atoms with E-state index in [1.165, 1.54) is 0 Å². The highest BCUT2D eigenvalue weighted by molar-refractivity contribution is 6.12. The van der Waals surface area contributed by atoms with Gasteiger partial charge in [-0.15, -0.1) is 0 Å². The van der Waals surface area contributed by atoms with Gasteiger partial charge in [0.25, 0.3) is 0 Å². The summed E-state index contributed by atoms with van der Waals surface area (Å²) in [6.45, 7) is 0. The molecule has 56 valence electrons. The molecule has 0 atom stereocenters. The van der Waals surface area contributed by atoms with Gasteiger partial charge in [-0.1, -0.05) is 12.2 Å². The summed E-state index contributed by atoms with van der Waals surface area (Å²) in [5.74, 6) is 0.649. The Bertz CT molecular complexity index is 210. The van der Waals surface area contributed by atoms with Crippen molar-refractivity contribution >= 4 is 14.1 Å². The lowest BCUT2D eigenvalue weighted by Gasteiger charge is -2.08. The van der Waals surface area contributed by atoms with Gasteiger partial charge in [-0.05, 0) is 12.5 Å². The number of carbonyl (C=O) groups excluding carboxylic acids is 1. The number of rotatable bonds is 1. The predicted octanol–water partition coefficient (Wildman–Crippen LogP) is 1.03. The van der Waals surface area contributed by atoms with Crippen molar-refractivity contribution in [1.29, 1.82) is 0 Å². The lowest BCUT2D eigenvalue weighted by Crippen LogP contribution is -2.20. The molecule has 0 aromatic rings. The topological polar surface area (TPSA) is 38.3 Å². The largest absolute Gasteiger partial charge is 0.416 e. The third-order valence-electron chi connectivity index (χ3n) is 1.32. The van der Waals surface area contributed by atoms with Gasteiger partial charge in [-0.3, -0.25) is 0 Å². The van der Waals surface area contributed by atoms with E-state index in [0.29, 0.717) is 5.76 Å². The fraction of sp³-hybridized carbons (Fsp3) is 0.286. The molecule has 2 radical (unpaired) electrons. The first kappa shape index (κ1) is 7.92. The number of hydrogen-bond acceptors (Lipinski definition) is 2. The first-order chi connectivity index (χ1) is 5.33. The number of hydrogen-bond donors (Lipinski definition) is 1. The molecular formula is C7H8BNO2. The zero-order valence-electron chi connectivity index (χ0n) is 6.04. The molecule has 0 aromatic carbocycles. The Morgan fingerprint density at radius 2 is 2.55 bits per heavy atom. The molecule has 0 aliphatic heterocycles. The van der Waals surface area contributed by atoms with Gasteiger partial charge in [0.15, 0.2) is 0 Å². The van der Waals surface area contributed by atoms with E-state index in [4.69, 9.17) is 12.7 Å². The Balaban J connectivity index is 2.42. The van der Waals surface area contributed by atoms with Crippen LogP contribution in [-0.4, -0.2) is 14.1 Å². The van der Waals surface area contributed by atoms with Crippen LogP contribution >= 0.6 is 0 Å². The summed E-state index contributed by atoms with van der Waals surface area (Å²) in [6, 6.07) is 0. The summed E-state index contributed by atoms with van der Waals surface area (Å²) in [5.41, 5.74) is 0. The lowest BCUT2D eigenvalue weighted by molar-refractivity contribution is 0.179. The van der Waals surface area contributed by atoms with Gasteiger partial charge in [0.2, 0.25) is 7.98 Å². The second-order valence-electron chi connectivity index (χ2n) is 2.13. The molecule has 1 aliphatic rings. The summed E-state index contributed by atoms with van der Waals surface area (Å²) in [5, 5.41) is 1.89. The van der Waals surface area contributed by atoms with Crippen molar-refractivity contribution < 1.29 is 9.53 Å². The minimum atomic E-state index is -0.619. The second kappa shape index (κ2) is 3.86. The Labute approximate surface area is 66.5 Å². The molecule has 1 amide bonds. The van der Waals surface area contributed by atoms with E-state index in [1.54, 1.807) is 6.08 Å². The molecule has 1 aliphatic carbocycles. The molecule has 0 saturated heterocycles. The van der Waals surface area contributed by atoms with Gasteiger partial charge in [0.1, 0.15) is 5.76 Å². The molecule has 4 heteroatoms. The van der Waals surface area contributed by atoms with Crippen LogP contribution < -0.4 is 5.23 Å². The van der Waals surface area contributed by atoms with E-state index < -0.39 is 6.09 Å². The highest BCUT2D eigenvalue weighted by Crippen LogP contribution is 2.12. The normalized spacial score (nSPS) is 15.5. The van der Waals surface area contributed by atoms with Crippen molar-refractivity contribution in [2.75, 3.05) is 0 Å². The fourth-order valence-corrected chi connectivity index (χ4v) is 0.814. The van der Waals surface area contributed by atoms with E-state index in [9.17, 15) is 4.79 Å². The van der Waals surface area contributed by atoms with Crippen molar-refractivity contribution in [2.45, 2.75) is 12.8 Å². The maximum absolute atomic E-state index is 10.6. The van der Waals surface area contributed by atoms with Gasteiger partial charge >= 0.3 is 6.09 Å². The molecule has 1 rings (SSSR count). The summed E-state index contributed by atoms with van der Waals surface area (Å²) < 4.78 is 4.78. The molecule has 0 heterocycles. The molecule has 0 unspecified atom stereocenters. The number of nitrogens with one attached hydrogen (secondary N) is 1. The first-order valence-corrected chi connectivity index (χ1v) is 3.37. The Kier molecular flexibility index (Phi) is 2.78. The molecule has 0 spiro atoms. The minimum absolute atomic E-state index is 0.619. The number of ether oxygens (including phenoxy) is 1. The van der Waals surface area contributed by atoms with E-state index in [0.717, 1.165) is 12.8 Å². The third-order valence-corrected chi connectivity index (χ3v) is 1.32. The third kappa shape index (κ3) is 2.49. The van der Waals surface area contributed by atoms with Crippen LogP contribution in [0.1, 0.15) is 12.8 Å². The van der Waals surface area contributed by atoms with Crippen molar-refractivity contribution in [1.82, 2.24) is 5.23 Å². The van der Waals surface area contributed by atoms with Crippen molar-refractivity contribution in [3.8, 4) is 0 Å². The average molecular weight is 149 g/mol.